The normalized spacial score (nSPS) is 10.6. The van der Waals surface area contributed by atoms with E-state index in [4.69, 9.17) is 0 Å². The van der Waals surface area contributed by atoms with E-state index in [1.165, 1.54) is 23.5 Å². The second-order valence-electron chi connectivity index (χ2n) is 2.72. The minimum atomic E-state index is -0.611. The molecule has 1 heterocycles. The zero-order valence-electron chi connectivity index (χ0n) is 6.80. The van der Waals surface area contributed by atoms with Crippen LogP contribution in [0.5, 0.6) is 5.75 Å². The molecule has 6 heteroatoms. The lowest BCUT2D eigenvalue weighted by molar-refractivity contribution is -0.385. The Morgan fingerprint density at radius 3 is 2.86 bits per heavy atom. The number of hydrogen-bond donors (Lipinski definition) is 2. The average Bonchev–Trinajstić information content (AvgIpc) is 2.46. The van der Waals surface area contributed by atoms with Crippen LogP contribution in [0.4, 0.5) is 5.69 Å². The number of thiophene rings is 1. The Kier molecular flexibility index (Phi) is 2.09. The Morgan fingerprint density at radius 1 is 1.50 bits per heavy atom. The molecule has 2 rings (SSSR count). The van der Waals surface area contributed by atoms with E-state index in [1.807, 2.05) is 0 Å². The van der Waals surface area contributed by atoms with Gasteiger partial charge in [-0.3, -0.25) is 10.1 Å². The first-order valence-corrected chi connectivity index (χ1v) is 5.00. The van der Waals surface area contributed by atoms with E-state index in [2.05, 4.69) is 12.6 Å². The van der Waals surface area contributed by atoms with Crippen molar-refractivity contribution in [2.45, 2.75) is 4.90 Å². The molecule has 0 saturated heterocycles. The lowest BCUT2D eigenvalue weighted by atomic mass is 10.2. The van der Waals surface area contributed by atoms with Gasteiger partial charge >= 0.3 is 5.69 Å². The SMILES string of the molecule is O=[N+]([O-])c1cc2c(S)csc2cc1O. The number of nitro groups is 1. The molecule has 1 aromatic carbocycles. The van der Waals surface area contributed by atoms with Crippen LogP contribution in [0.3, 0.4) is 0 Å². The van der Waals surface area contributed by atoms with Crippen molar-refractivity contribution < 1.29 is 10.0 Å². The molecule has 0 bridgehead atoms. The smallest absolute Gasteiger partial charge is 0.311 e. The van der Waals surface area contributed by atoms with Crippen molar-refractivity contribution >= 4 is 39.7 Å². The summed E-state index contributed by atoms with van der Waals surface area (Å²) in [6, 6.07) is 2.72. The van der Waals surface area contributed by atoms with Crippen molar-refractivity contribution in [2.75, 3.05) is 0 Å². The standard InChI is InChI=1S/C8H5NO3S2/c10-6-2-8-4(7(13)3-14-8)1-5(6)9(11)12/h1-3,10,13H. The van der Waals surface area contributed by atoms with Crippen LogP contribution in [-0.4, -0.2) is 10.0 Å². The molecule has 0 aliphatic rings. The van der Waals surface area contributed by atoms with Crippen LogP contribution in [-0.2, 0) is 0 Å². The van der Waals surface area contributed by atoms with E-state index >= 15 is 0 Å². The van der Waals surface area contributed by atoms with Crippen molar-refractivity contribution in [1.82, 2.24) is 0 Å². The lowest BCUT2D eigenvalue weighted by Crippen LogP contribution is -1.87. The Balaban J connectivity index is 2.80. The first-order chi connectivity index (χ1) is 6.59. The van der Waals surface area contributed by atoms with Gasteiger partial charge in [-0.25, -0.2) is 0 Å². The topological polar surface area (TPSA) is 63.4 Å². The molecule has 1 N–H and O–H groups in total. The van der Waals surface area contributed by atoms with Gasteiger partial charge < -0.3 is 5.11 Å². The van der Waals surface area contributed by atoms with Crippen molar-refractivity contribution in [3.05, 3.63) is 27.6 Å². The molecule has 0 amide bonds. The highest BCUT2D eigenvalue weighted by Gasteiger charge is 2.15. The Bertz CT molecular complexity index is 521. The van der Waals surface area contributed by atoms with Gasteiger partial charge in [-0.05, 0) is 0 Å². The molecular formula is C8H5NO3S2. The zero-order chi connectivity index (χ0) is 10.3. The van der Waals surface area contributed by atoms with Gasteiger partial charge in [0.1, 0.15) is 0 Å². The van der Waals surface area contributed by atoms with Gasteiger partial charge in [0.2, 0.25) is 0 Å². The largest absolute Gasteiger partial charge is 0.502 e. The number of benzene rings is 1. The average molecular weight is 227 g/mol. The summed E-state index contributed by atoms with van der Waals surface area (Å²) >= 11 is 5.55. The van der Waals surface area contributed by atoms with Crippen LogP contribution in [0.15, 0.2) is 22.4 Å². The maximum absolute atomic E-state index is 10.5. The molecular weight excluding hydrogens is 222 g/mol. The van der Waals surface area contributed by atoms with Crippen molar-refractivity contribution in [1.29, 1.82) is 0 Å². The first kappa shape index (κ1) is 9.29. The maximum Gasteiger partial charge on any atom is 0.311 e. The van der Waals surface area contributed by atoms with E-state index in [9.17, 15) is 15.2 Å². The molecule has 4 nitrogen and oxygen atoms in total. The number of nitro benzene ring substituents is 1. The second-order valence-corrected chi connectivity index (χ2v) is 4.11. The molecule has 14 heavy (non-hydrogen) atoms. The van der Waals surface area contributed by atoms with Crippen LogP contribution in [0.2, 0.25) is 0 Å². The van der Waals surface area contributed by atoms with Crippen molar-refractivity contribution in [3.8, 4) is 5.75 Å². The third kappa shape index (κ3) is 1.32. The molecule has 2 aromatic rings. The molecule has 0 unspecified atom stereocenters. The van der Waals surface area contributed by atoms with Crippen molar-refractivity contribution in [3.63, 3.8) is 0 Å². The molecule has 0 aliphatic carbocycles. The summed E-state index contributed by atoms with van der Waals surface area (Å²) in [4.78, 5) is 10.6. The highest BCUT2D eigenvalue weighted by molar-refractivity contribution is 7.80. The number of aromatic hydroxyl groups is 1. The summed E-state index contributed by atoms with van der Waals surface area (Å²) in [5.74, 6) is -0.308. The quantitative estimate of drug-likeness (QED) is 0.447. The van der Waals surface area contributed by atoms with Gasteiger partial charge in [0.25, 0.3) is 0 Å². The highest BCUT2D eigenvalue weighted by Crippen LogP contribution is 2.37. The van der Waals surface area contributed by atoms with E-state index in [0.29, 0.717) is 10.3 Å². The molecule has 0 fully saturated rings. The number of rotatable bonds is 1. The fraction of sp³-hybridized carbons (Fsp3) is 0. The zero-order valence-corrected chi connectivity index (χ0v) is 8.51. The minimum Gasteiger partial charge on any atom is -0.502 e. The van der Waals surface area contributed by atoms with E-state index in [-0.39, 0.29) is 11.4 Å². The lowest BCUT2D eigenvalue weighted by Gasteiger charge is -1.96. The maximum atomic E-state index is 10.5. The van der Waals surface area contributed by atoms with E-state index < -0.39 is 4.92 Å². The van der Waals surface area contributed by atoms with Gasteiger partial charge in [-0.15, -0.1) is 24.0 Å². The van der Waals surface area contributed by atoms with Crippen LogP contribution in [0.1, 0.15) is 0 Å². The fourth-order valence-corrected chi connectivity index (χ4v) is 2.44. The van der Waals surface area contributed by atoms with Gasteiger partial charge in [0.05, 0.1) is 4.92 Å². The predicted molar refractivity (Wildman–Crippen MR) is 57.4 cm³/mol. The number of phenolic OH excluding ortho intramolecular Hbond substituents is 1. The van der Waals surface area contributed by atoms with Crippen LogP contribution >= 0.6 is 24.0 Å². The summed E-state index contributed by atoms with van der Waals surface area (Å²) in [5, 5.41) is 22.3. The monoisotopic (exact) mass is 227 g/mol. The number of hydrogen-bond acceptors (Lipinski definition) is 5. The van der Waals surface area contributed by atoms with Gasteiger partial charge in [-0.1, -0.05) is 0 Å². The van der Waals surface area contributed by atoms with Gasteiger partial charge in [0, 0.05) is 32.5 Å². The Morgan fingerprint density at radius 2 is 2.21 bits per heavy atom. The molecule has 0 atom stereocenters. The molecule has 72 valence electrons. The summed E-state index contributed by atoms with van der Waals surface area (Å²) in [5.41, 5.74) is -0.286. The molecule has 0 radical (unpaired) electrons. The van der Waals surface area contributed by atoms with E-state index in [1.54, 1.807) is 5.38 Å². The van der Waals surface area contributed by atoms with Crippen LogP contribution in [0.25, 0.3) is 10.1 Å². The highest BCUT2D eigenvalue weighted by atomic mass is 32.1. The summed E-state index contributed by atoms with van der Waals surface area (Å²) in [6.07, 6.45) is 0. The summed E-state index contributed by atoms with van der Waals surface area (Å²) in [6.45, 7) is 0. The fourth-order valence-electron chi connectivity index (χ4n) is 1.18. The summed E-state index contributed by atoms with van der Waals surface area (Å²) < 4.78 is 0.790. The number of fused-ring (bicyclic) bond motifs is 1. The van der Waals surface area contributed by atoms with Gasteiger partial charge in [-0.2, -0.15) is 0 Å². The van der Waals surface area contributed by atoms with Crippen LogP contribution in [0, 0.1) is 10.1 Å². The Labute approximate surface area is 88.4 Å². The first-order valence-electron chi connectivity index (χ1n) is 3.67. The molecule has 0 spiro atoms. The third-order valence-corrected chi connectivity index (χ3v) is 3.34. The number of nitrogens with zero attached hydrogens (tertiary/aromatic N) is 1. The van der Waals surface area contributed by atoms with E-state index in [0.717, 1.165) is 4.70 Å². The Hall–Kier alpha value is -1.27. The molecule has 0 saturated carbocycles. The third-order valence-electron chi connectivity index (χ3n) is 1.85. The van der Waals surface area contributed by atoms with Gasteiger partial charge in [0.15, 0.2) is 5.75 Å². The molecule has 0 aliphatic heterocycles. The minimum absolute atomic E-state index is 0.286. The summed E-state index contributed by atoms with van der Waals surface area (Å²) in [7, 11) is 0. The predicted octanol–water partition coefficient (Wildman–Crippen LogP) is 2.80. The van der Waals surface area contributed by atoms with Crippen molar-refractivity contribution in [2.24, 2.45) is 0 Å². The second kappa shape index (κ2) is 3.14. The molecule has 1 aromatic heterocycles. The number of phenols is 1. The van der Waals surface area contributed by atoms with Crippen LogP contribution < -0.4 is 0 Å². The number of thiol groups is 1.